The Bertz CT molecular complexity index is 885. The highest BCUT2D eigenvalue weighted by molar-refractivity contribution is 9.13. The molecule has 0 aliphatic heterocycles. The largest absolute Gasteiger partial charge is 0.453 e. The molecule has 2 heterocycles. The number of esters is 1. The molecule has 0 amide bonds. The molecule has 0 fully saturated rings. The molecule has 0 unspecified atom stereocenters. The van der Waals surface area contributed by atoms with Crippen molar-refractivity contribution in [2.75, 3.05) is 11.1 Å². The van der Waals surface area contributed by atoms with Crippen LogP contribution in [0.25, 0.3) is 0 Å². The fraction of sp³-hybridized carbons (Fsp3) is 0.0667. The van der Waals surface area contributed by atoms with Gasteiger partial charge in [-0.3, -0.25) is 0 Å². The molecule has 2 aromatic heterocycles. The summed E-state index contributed by atoms with van der Waals surface area (Å²) in [5.74, 6) is 0.120. The Balaban J connectivity index is 1.69. The van der Waals surface area contributed by atoms with Crippen molar-refractivity contribution < 1.29 is 9.53 Å². The van der Waals surface area contributed by atoms with E-state index in [1.807, 2.05) is 30.3 Å². The van der Waals surface area contributed by atoms with Crippen LogP contribution in [0, 0.1) is 0 Å². The summed E-state index contributed by atoms with van der Waals surface area (Å²) in [6.07, 6.45) is 0. The average Bonchev–Trinajstić information content (AvgIpc) is 2.92. The minimum atomic E-state index is -0.465. The highest BCUT2D eigenvalue weighted by Crippen LogP contribution is 2.32. The number of aromatic nitrogens is 3. The molecular formula is C15H11Br2N5O2S. The van der Waals surface area contributed by atoms with Gasteiger partial charge in [0.2, 0.25) is 11.9 Å². The topological polar surface area (TPSA) is 103 Å². The third-order valence-electron chi connectivity index (χ3n) is 2.91. The highest BCUT2D eigenvalue weighted by Gasteiger charge is 2.15. The second-order valence-corrected chi connectivity index (χ2v) is 7.96. The number of nitrogens with two attached hydrogens (primary N) is 1. The van der Waals surface area contributed by atoms with Gasteiger partial charge in [0, 0.05) is 10.2 Å². The molecule has 0 atom stereocenters. The number of rotatable bonds is 5. The molecule has 7 nitrogen and oxygen atoms in total. The van der Waals surface area contributed by atoms with Gasteiger partial charge in [0.05, 0.1) is 3.79 Å². The number of anilines is 3. The lowest BCUT2D eigenvalue weighted by Gasteiger charge is -2.07. The molecule has 0 bridgehead atoms. The number of benzene rings is 1. The van der Waals surface area contributed by atoms with Crippen molar-refractivity contribution in [3.63, 3.8) is 0 Å². The van der Waals surface area contributed by atoms with Crippen LogP contribution in [0.15, 0.2) is 44.7 Å². The van der Waals surface area contributed by atoms with Crippen molar-refractivity contribution in [2.24, 2.45) is 0 Å². The molecule has 3 rings (SSSR count). The Labute approximate surface area is 163 Å². The van der Waals surface area contributed by atoms with Crippen LogP contribution in [0.5, 0.6) is 0 Å². The van der Waals surface area contributed by atoms with E-state index in [1.165, 1.54) is 11.3 Å². The van der Waals surface area contributed by atoms with Crippen molar-refractivity contribution in [1.82, 2.24) is 15.0 Å². The van der Waals surface area contributed by atoms with E-state index in [1.54, 1.807) is 6.07 Å². The quantitative estimate of drug-likeness (QED) is 0.524. The first kappa shape index (κ1) is 17.8. The predicted octanol–water partition coefficient (Wildman–Crippen LogP) is 4.14. The summed E-state index contributed by atoms with van der Waals surface area (Å²) in [7, 11) is 0. The van der Waals surface area contributed by atoms with Gasteiger partial charge in [0.25, 0.3) is 0 Å². The number of nitrogens with one attached hydrogen (secondary N) is 1. The molecule has 3 N–H and O–H groups in total. The first-order chi connectivity index (χ1) is 12.0. The summed E-state index contributed by atoms with van der Waals surface area (Å²) in [4.78, 5) is 24.8. The van der Waals surface area contributed by atoms with Crippen LogP contribution < -0.4 is 11.1 Å². The van der Waals surface area contributed by atoms with Gasteiger partial charge in [-0.25, -0.2) is 4.79 Å². The first-order valence-corrected chi connectivity index (χ1v) is 9.36. The summed E-state index contributed by atoms with van der Waals surface area (Å²) in [6.45, 7) is -0.109. The van der Waals surface area contributed by atoms with Crippen molar-refractivity contribution in [3.8, 4) is 0 Å². The monoisotopic (exact) mass is 483 g/mol. The van der Waals surface area contributed by atoms with E-state index in [-0.39, 0.29) is 24.3 Å². The zero-order valence-electron chi connectivity index (χ0n) is 12.6. The molecule has 3 aromatic rings. The maximum atomic E-state index is 12.1. The molecule has 0 saturated heterocycles. The Morgan fingerprint density at radius 1 is 1.20 bits per heavy atom. The molecule has 128 valence electrons. The molecule has 0 aliphatic carbocycles. The van der Waals surface area contributed by atoms with Crippen LogP contribution in [0.4, 0.5) is 17.6 Å². The zero-order chi connectivity index (χ0) is 17.8. The smallest absolute Gasteiger partial charge is 0.348 e. The molecule has 0 saturated carbocycles. The zero-order valence-corrected chi connectivity index (χ0v) is 16.6. The van der Waals surface area contributed by atoms with Crippen LogP contribution in [-0.2, 0) is 11.3 Å². The predicted molar refractivity (Wildman–Crippen MR) is 103 cm³/mol. The van der Waals surface area contributed by atoms with Crippen molar-refractivity contribution in [2.45, 2.75) is 6.61 Å². The average molecular weight is 485 g/mol. The van der Waals surface area contributed by atoms with Crippen LogP contribution in [-0.4, -0.2) is 20.9 Å². The Hall–Kier alpha value is -2.04. The van der Waals surface area contributed by atoms with Crippen molar-refractivity contribution in [3.05, 3.63) is 55.4 Å². The normalized spacial score (nSPS) is 10.5. The molecule has 0 spiro atoms. The van der Waals surface area contributed by atoms with Crippen LogP contribution >= 0.6 is 43.2 Å². The van der Waals surface area contributed by atoms with E-state index in [2.05, 4.69) is 52.1 Å². The number of carbonyl (C=O) groups excluding carboxylic acids is 1. The number of para-hydroxylation sites is 1. The fourth-order valence-electron chi connectivity index (χ4n) is 1.86. The van der Waals surface area contributed by atoms with Gasteiger partial charge in [0.1, 0.15) is 4.88 Å². The van der Waals surface area contributed by atoms with Crippen LogP contribution in [0.1, 0.15) is 15.5 Å². The molecule has 0 aliphatic rings. The lowest BCUT2D eigenvalue weighted by atomic mass is 10.3. The van der Waals surface area contributed by atoms with Gasteiger partial charge < -0.3 is 15.8 Å². The van der Waals surface area contributed by atoms with E-state index < -0.39 is 5.97 Å². The van der Waals surface area contributed by atoms with E-state index in [0.29, 0.717) is 4.88 Å². The SMILES string of the molecule is Nc1nc(COC(=O)c2cc(Br)c(Br)s2)nc(Nc2ccccc2)n1. The summed E-state index contributed by atoms with van der Waals surface area (Å²) >= 11 is 7.94. The molecule has 1 aromatic carbocycles. The first-order valence-electron chi connectivity index (χ1n) is 6.96. The Morgan fingerprint density at radius 2 is 1.96 bits per heavy atom. The van der Waals surface area contributed by atoms with Gasteiger partial charge in [-0.05, 0) is 50.1 Å². The van der Waals surface area contributed by atoms with Crippen molar-refractivity contribution >= 4 is 66.8 Å². The van der Waals surface area contributed by atoms with E-state index in [4.69, 9.17) is 10.5 Å². The van der Waals surface area contributed by atoms with E-state index in [9.17, 15) is 4.79 Å². The molecule has 25 heavy (non-hydrogen) atoms. The van der Waals surface area contributed by atoms with Gasteiger partial charge in [0.15, 0.2) is 12.4 Å². The van der Waals surface area contributed by atoms with E-state index >= 15 is 0 Å². The molecular weight excluding hydrogens is 474 g/mol. The number of hydrogen-bond acceptors (Lipinski definition) is 8. The standard InChI is InChI=1S/C15H11Br2N5O2S/c16-9-6-10(25-12(9)17)13(23)24-7-11-20-14(18)22-15(21-11)19-8-4-2-1-3-5-8/h1-6H,7H2,(H3,18,19,20,21,22). The van der Waals surface area contributed by atoms with Gasteiger partial charge in [-0.1, -0.05) is 18.2 Å². The van der Waals surface area contributed by atoms with Crippen LogP contribution in [0.2, 0.25) is 0 Å². The van der Waals surface area contributed by atoms with Crippen molar-refractivity contribution in [1.29, 1.82) is 0 Å². The second kappa shape index (κ2) is 7.89. The van der Waals surface area contributed by atoms with Crippen LogP contribution in [0.3, 0.4) is 0 Å². The summed E-state index contributed by atoms with van der Waals surface area (Å²) < 4.78 is 6.85. The number of ether oxygens (including phenoxy) is 1. The highest BCUT2D eigenvalue weighted by atomic mass is 79.9. The second-order valence-electron chi connectivity index (χ2n) is 4.73. The molecule has 10 heteroatoms. The summed E-state index contributed by atoms with van der Waals surface area (Å²) in [5.41, 5.74) is 6.51. The number of thiophene rings is 1. The molecule has 0 radical (unpaired) electrons. The minimum absolute atomic E-state index is 0.0427. The lowest BCUT2D eigenvalue weighted by Crippen LogP contribution is -2.10. The number of nitrogen functional groups attached to an aromatic ring is 1. The summed E-state index contributed by atoms with van der Waals surface area (Å²) in [5, 5.41) is 3.02. The Morgan fingerprint density at radius 3 is 2.64 bits per heavy atom. The maximum absolute atomic E-state index is 12.1. The minimum Gasteiger partial charge on any atom is -0.453 e. The number of nitrogens with zero attached hydrogens (tertiary/aromatic N) is 3. The third-order valence-corrected chi connectivity index (χ3v) is 6.14. The fourth-order valence-corrected chi connectivity index (χ4v) is 3.79. The van der Waals surface area contributed by atoms with Gasteiger partial charge in [-0.2, -0.15) is 15.0 Å². The van der Waals surface area contributed by atoms with Gasteiger partial charge >= 0.3 is 5.97 Å². The number of hydrogen-bond donors (Lipinski definition) is 2. The van der Waals surface area contributed by atoms with Gasteiger partial charge in [-0.15, -0.1) is 11.3 Å². The maximum Gasteiger partial charge on any atom is 0.348 e. The number of halogens is 2. The van der Waals surface area contributed by atoms with E-state index in [0.717, 1.165) is 13.9 Å². The number of carbonyl (C=O) groups is 1. The Kier molecular flexibility index (Phi) is 5.61. The summed E-state index contributed by atoms with van der Waals surface area (Å²) in [6, 6.07) is 11.1. The third kappa shape index (κ3) is 4.74. The lowest BCUT2D eigenvalue weighted by molar-refractivity contribution is 0.0468.